The molecule has 0 spiro atoms. The van der Waals surface area contributed by atoms with Gasteiger partial charge in [0.05, 0.1) is 18.6 Å². The number of hydrogen-bond acceptors (Lipinski definition) is 5. The highest BCUT2D eigenvalue weighted by atomic mass is 15.0. The summed E-state index contributed by atoms with van der Waals surface area (Å²) in [6, 6.07) is 6.45. The zero-order valence-electron chi connectivity index (χ0n) is 11.3. The molecular formula is C13H21N5. The van der Waals surface area contributed by atoms with E-state index in [1.807, 2.05) is 33.2 Å². The minimum Gasteiger partial charge on any atom is -0.383 e. The van der Waals surface area contributed by atoms with E-state index in [2.05, 4.69) is 25.9 Å². The Hall–Kier alpha value is -1.71. The van der Waals surface area contributed by atoms with Crippen LogP contribution in [0, 0.1) is 0 Å². The van der Waals surface area contributed by atoms with Crippen molar-refractivity contribution in [1.82, 2.24) is 9.88 Å². The van der Waals surface area contributed by atoms with E-state index in [1.54, 1.807) is 6.20 Å². The second-order valence-corrected chi connectivity index (χ2v) is 4.42. The molecule has 2 N–H and O–H groups in total. The van der Waals surface area contributed by atoms with E-state index in [1.165, 1.54) is 0 Å². The molecule has 98 valence electrons. The molecule has 0 radical (unpaired) electrons. The molecule has 5 heteroatoms. The lowest BCUT2D eigenvalue weighted by Crippen LogP contribution is -2.13. The average Bonchev–Trinajstić information content (AvgIpc) is 2.33. The fourth-order valence-corrected chi connectivity index (χ4v) is 1.50. The molecule has 1 unspecified atom stereocenters. The maximum absolute atomic E-state index is 5.77. The number of nitrogens with zero attached hydrogens (tertiary/aromatic N) is 4. The van der Waals surface area contributed by atoms with Crippen LogP contribution in [0.2, 0.25) is 0 Å². The summed E-state index contributed by atoms with van der Waals surface area (Å²) in [6.07, 6.45) is 2.68. The lowest BCUT2D eigenvalue weighted by molar-refractivity contribution is 0.403. The van der Waals surface area contributed by atoms with Gasteiger partial charge in [0.25, 0.3) is 0 Å². The zero-order chi connectivity index (χ0) is 13.4. The van der Waals surface area contributed by atoms with Gasteiger partial charge >= 0.3 is 0 Å². The molecule has 0 aliphatic rings. The normalized spacial score (nSPS) is 12.0. The Bertz CT molecular complexity index is 421. The predicted molar refractivity (Wildman–Crippen MR) is 75.0 cm³/mol. The lowest BCUT2D eigenvalue weighted by Gasteiger charge is -2.06. The lowest BCUT2D eigenvalue weighted by atomic mass is 10.1. The highest BCUT2D eigenvalue weighted by molar-refractivity contribution is 5.46. The zero-order valence-corrected chi connectivity index (χ0v) is 11.3. The summed E-state index contributed by atoms with van der Waals surface area (Å²) in [5, 5.41) is 0. The second-order valence-electron chi connectivity index (χ2n) is 4.42. The van der Waals surface area contributed by atoms with Crippen LogP contribution in [0.3, 0.4) is 0 Å². The first kappa shape index (κ1) is 14.4. The number of aliphatic imine (C=N–C) groups is 2. The van der Waals surface area contributed by atoms with Crippen molar-refractivity contribution in [2.24, 2.45) is 9.98 Å². The maximum Gasteiger partial charge on any atom is 0.128 e. The Balaban J connectivity index is 2.47. The number of nitrogens with two attached hydrogens (primary N) is 1. The number of pyridine rings is 1. The first-order chi connectivity index (χ1) is 8.61. The van der Waals surface area contributed by atoms with Crippen molar-refractivity contribution in [2.45, 2.75) is 19.4 Å². The van der Waals surface area contributed by atoms with Gasteiger partial charge in [0, 0.05) is 11.8 Å². The third kappa shape index (κ3) is 5.08. The van der Waals surface area contributed by atoms with Gasteiger partial charge in [-0.25, -0.2) is 15.0 Å². The molecule has 5 nitrogen and oxygen atoms in total. The van der Waals surface area contributed by atoms with Gasteiger partial charge in [0.1, 0.15) is 5.82 Å². The molecule has 1 aromatic rings. The first-order valence-corrected chi connectivity index (χ1v) is 6.07. The summed E-state index contributed by atoms with van der Waals surface area (Å²) >= 11 is 0. The van der Waals surface area contributed by atoms with Crippen molar-refractivity contribution in [2.75, 3.05) is 32.9 Å². The molecular weight excluding hydrogens is 226 g/mol. The first-order valence-electron chi connectivity index (χ1n) is 6.07. The van der Waals surface area contributed by atoms with Crippen molar-refractivity contribution < 1.29 is 0 Å². The standard InChI is InChI=1S/C13H21N5/c1-11(12-6-4-8-16-13(12)14)17-10-15-7-5-9-18(2)3/h4,6,8,11H,5,7,9H2,1-3H3,(H2,14,16). The van der Waals surface area contributed by atoms with E-state index in [0.717, 1.165) is 25.1 Å². The van der Waals surface area contributed by atoms with Crippen LogP contribution in [0.4, 0.5) is 5.82 Å². The topological polar surface area (TPSA) is 66.9 Å². The highest BCUT2D eigenvalue weighted by Crippen LogP contribution is 2.19. The van der Waals surface area contributed by atoms with E-state index >= 15 is 0 Å². The molecule has 0 saturated carbocycles. The predicted octanol–water partition coefficient (Wildman–Crippen LogP) is 1.85. The number of nitrogen functional groups attached to an aromatic ring is 1. The van der Waals surface area contributed by atoms with E-state index < -0.39 is 0 Å². The molecule has 1 heterocycles. The number of anilines is 1. The van der Waals surface area contributed by atoms with Gasteiger partial charge in [-0.3, -0.25) is 0 Å². The molecule has 0 aliphatic carbocycles. The Morgan fingerprint density at radius 3 is 2.94 bits per heavy atom. The van der Waals surface area contributed by atoms with Crippen molar-refractivity contribution >= 4 is 11.8 Å². The van der Waals surface area contributed by atoms with Crippen molar-refractivity contribution in [1.29, 1.82) is 0 Å². The monoisotopic (exact) mass is 247 g/mol. The van der Waals surface area contributed by atoms with E-state index in [4.69, 9.17) is 5.73 Å². The number of rotatable bonds is 6. The van der Waals surface area contributed by atoms with Crippen LogP contribution < -0.4 is 5.73 Å². The van der Waals surface area contributed by atoms with E-state index in [0.29, 0.717) is 5.82 Å². The van der Waals surface area contributed by atoms with Gasteiger partial charge in [-0.15, -0.1) is 0 Å². The summed E-state index contributed by atoms with van der Waals surface area (Å²) in [6.45, 7) is 3.73. The summed E-state index contributed by atoms with van der Waals surface area (Å²) in [5.74, 6) is 0.517. The second kappa shape index (κ2) is 7.58. The molecule has 0 aromatic carbocycles. The molecule has 0 amide bonds. The van der Waals surface area contributed by atoms with Gasteiger partial charge in [-0.05, 0) is 40.1 Å². The van der Waals surface area contributed by atoms with E-state index in [-0.39, 0.29) is 6.04 Å². The number of aromatic nitrogens is 1. The SMILES string of the molecule is CC(N=C=NCCCN(C)C)c1cccnc1N. The van der Waals surface area contributed by atoms with Crippen molar-refractivity contribution in [3.63, 3.8) is 0 Å². The molecule has 1 rings (SSSR count). The molecule has 0 fully saturated rings. The van der Waals surface area contributed by atoms with Gasteiger partial charge in [-0.2, -0.15) is 0 Å². The van der Waals surface area contributed by atoms with Crippen LogP contribution in [0.25, 0.3) is 0 Å². The Kier molecular flexibility index (Phi) is 6.05. The van der Waals surface area contributed by atoms with Crippen LogP contribution >= 0.6 is 0 Å². The Labute approximate surface area is 108 Å². The van der Waals surface area contributed by atoms with Crippen LogP contribution in [0.1, 0.15) is 24.9 Å². The minimum atomic E-state index is -0.0590. The van der Waals surface area contributed by atoms with Crippen LogP contribution in [-0.2, 0) is 0 Å². The quantitative estimate of drug-likeness (QED) is 0.616. The molecule has 1 aromatic heterocycles. The largest absolute Gasteiger partial charge is 0.383 e. The summed E-state index contributed by atoms with van der Waals surface area (Å²) < 4.78 is 0. The summed E-state index contributed by atoms with van der Waals surface area (Å²) in [5.41, 5.74) is 6.68. The van der Waals surface area contributed by atoms with Crippen LogP contribution in [0.15, 0.2) is 28.3 Å². The Morgan fingerprint density at radius 1 is 1.50 bits per heavy atom. The number of hydrogen-bond donors (Lipinski definition) is 1. The fraction of sp³-hybridized carbons (Fsp3) is 0.538. The van der Waals surface area contributed by atoms with Crippen molar-refractivity contribution in [3.05, 3.63) is 23.9 Å². The van der Waals surface area contributed by atoms with Crippen molar-refractivity contribution in [3.8, 4) is 0 Å². The molecule has 18 heavy (non-hydrogen) atoms. The maximum atomic E-state index is 5.77. The molecule has 0 bridgehead atoms. The molecule has 1 atom stereocenters. The van der Waals surface area contributed by atoms with Gasteiger partial charge < -0.3 is 10.6 Å². The fourth-order valence-electron chi connectivity index (χ4n) is 1.50. The van der Waals surface area contributed by atoms with Gasteiger partial charge in [-0.1, -0.05) is 6.07 Å². The minimum absolute atomic E-state index is 0.0590. The van der Waals surface area contributed by atoms with Crippen LogP contribution in [-0.4, -0.2) is 43.1 Å². The third-order valence-corrected chi connectivity index (χ3v) is 2.52. The molecule has 0 aliphatic heterocycles. The summed E-state index contributed by atoms with van der Waals surface area (Å²) in [7, 11) is 4.09. The Morgan fingerprint density at radius 2 is 2.28 bits per heavy atom. The summed E-state index contributed by atoms with van der Waals surface area (Å²) in [4.78, 5) is 14.5. The highest BCUT2D eigenvalue weighted by Gasteiger charge is 2.06. The van der Waals surface area contributed by atoms with Gasteiger partial charge in [0.15, 0.2) is 0 Å². The van der Waals surface area contributed by atoms with Gasteiger partial charge in [0.2, 0.25) is 0 Å². The van der Waals surface area contributed by atoms with Crippen LogP contribution in [0.5, 0.6) is 0 Å². The average molecular weight is 247 g/mol. The molecule has 0 saturated heterocycles. The third-order valence-electron chi connectivity index (χ3n) is 2.52. The smallest absolute Gasteiger partial charge is 0.128 e. The van der Waals surface area contributed by atoms with E-state index in [9.17, 15) is 0 Å².